The molecule has 3 N–H and O–H groups in total. The van der Waals surface area contributed by atoms with Gasteiger partial charge in [-0.1, -0.05) is 241 Å². The molecule has 0 aromatic heterocycles. The van der Waals surface area contributed by atoms with E-state index in [0.717, 1.165) is 115 Å². The molecule has 0 aliphatic rings. The Bertz CT molecular complexity index is 1600. The van der Waals surface area contributed by atoms with Crippen molar-refractivity contribution in [2.75, 3.05) is 39.6 Å². The van der Waals surface area contributed by atoms with Crippen molar-refractivity contribution in [1.82, 2.24) is 0 Å². The van der Waals surface area contributed by atoms with Crippen LogP contribution in [0.25, 0.3) is 0 Å². The van der Waals surface area contributed by atoms with Gasteiger partial charge in [0, 0.05) is 25.7 Å². The monoisotopic (exact) mass is 1180 g/mol. The highest BCUT2D eigenvalue weighted by Gasteiger charge is 2.30. The number of hydrogen-bond donors (Lipinski definition) is 3. The SMILES string of the molecule is CCCCCCCCCCC(=O)OC[C@H](COP(=O)(O)OC[C@H](O)COP(=O)(O)OC[C@@H](COC(=O)CCCCCCCCCC(C)C)OC(=O)CCCCCCCCCCCC(C)C)OC(=O)CCCCCCCCC(C)CC. The van der Waals surface area contributed by atoms with E-state index >= 15 is 0 Å². The molecule has 0 amide bonds. The van der Waals surface area contributed by atoms with Gasteiger partial charge in [0.05, 0.1) is 26.4 Å². The highest BCUT2D eigenvalue weighted by atomic mass is 31.2. The summed E-state index contributed by atoms with van der Waals surface area (Å²) in [5, 5.41) is 10.5. The third-order valence-electron chi connectivity index (χ3n) is 14.2. The number of rotatable bonds is 59. The first-order valence-electron chi connectivity index (χ1n) is 31.9. The van der Waals surface area contributed by atoms with Gasteiger partial charge in [-0.15, -0.1) is 0 Å². The van der Waals surface area contributed by atoms with Crippen molar-refractivity contribution in [3.8, 4) is 0 Å². The zero-order valence-corrected chi connectivity index (χ0v) is 53.3. The molecule has 0 bridgehead atoms. The highest BCUT2D eigenvalue weighted by molar-refractivity contribution is 7.47. The molecule has 0 aromatic carbocycles. The lowest BCUT2D eigenvalue weighted by molar-refractivity contribution is -0.161. The minimum Gasteiger partial charge on any atom is -0.462 e. The van der Waals surface area contributed by atoms with E-state index in [-0.39, 0.29) is 25.7 Å². The Kier molecular flexibility index (Phi) is 51.3. The van der Waals surface area contributed by atoms with Crippen LogP contribution in [0.4, 0.5) is 0 Å². The Hall–Kier alpha value is -1.94. The van der Waals surface area contributed by atoms with Gasteiger partial charge in [0.25, 0.3) is 0 Å². The summed E-state index contributed by atoms with van der Waals surface area (Å²) in [6.07, 6.45) is 32.3. The van der Waals surface area contributed by atoms with Crippen molar-refractivity contribution in [3.63, 3.8) is 0 Å². The predicted octanol–water partition coefficient (Wildman–Crippen LogP) is 16.3. The molecular weight excluding hydrogens is 1070 g/mol. The van der Waals surface area contributed by atoms with Crippen LogP contribution in [0, 0.1) is 17.8 Å². The van der Waals surface area contributed by atoms with Crippen molar-refractivity contribution in [2.45, 2.75) is 311 Å². The Balaban J connectivity index is 5.24. The van der Waals surface area contributed by atoms with E-state index in [1.54, 1.807) is 0 Å². The third-order valence-corrected chi connectivity index (χ3v) is 16.1. The van der Waals surface area contributed by atoms with E-state index in [1.165, 1.54) is 89.9 Å². The number of esters is 4. The van der Waals surface area contributed by atoms with Gasteiger partial charge in [0.15, 0.2) is 12.2 Å². The fraction of sp³-hybridized carbons (Fsp3) is 0.934. The van der Waals surface area contributed by atoms with Crippen LogP contribution in [0.1, 0.15) is 292 Å². The van der Waals surface area contributed by atoms with Gasteiger partial charge in [-0.25, -0.2) is 9.13 Å². The summed E-state index contributed by atoms with van der Waals surface area (Å²) in [6, 6.07) is 0. The average molecular weight is 1190 g/mol. The fourth-order valence-electron chi connectivity index (χ4n) is 8.92. The Morgan fingerprint density at radius 2 is 0.637 bits per heavy atom. The number of aliphatic hydroxyl groups excluding tert-OH is 1. The Labute approximate surface area is 486 Å². The molecule has 0 fully saturated rings. The number of hydrogen-bond acceptors (Lipinski definition) is 15. The Morgan fingerprint density at radius 1 is 0.362 bits per heavy atom. The molecule has 0 aromatic rings. The fourth-order valence-corrected chi connectivity index (χ4v) is 10.5. The summed E-state index contributed by atoms with van der Waals surface area (Å²) in [5.41, 5.74) is 0. The van der Waals surface area contributed by atoms with Crippen molar-refractivity contribution >= 4 is 39.5 Å². The molecule has 0 saturated carbocycles. The number of carbonyl (C=O) groups excluding carboxylic acids is 4. The molecular formula is C61H118O17P2. The summed E-state index contributed by atoms with van der Waals surface area (Å²) in [5.74, 6) is 0.0160. The van der Waals surface area contributed by atoms with E-state index in [9.17, 15) is 43.2 Å². The zero-order valence-electron chi connectivity index (χ0n) is 51.5. The smallest absolute Gasteiger partial charge is 0.462 e. The summed E-state index contributed by atoms with van der Waals surface area (Å²) in [6.45, 7) is 11.6. The summed E-state index contributed by atoms with van der Waals surface area (Å²) < 4.78 is 67.8. The number of phosphoric acid groups is 2. The van der Waals surface area contributed by atoms with Crippen LogP contribution in [-0.4, -0.2) is 96.7 Å². The first kappa shape index (κ1) is 78.1. The summed E-state index contributed by atoms with van der Waals surface area (Å²) in [4.78, 5) is 72.0. The molecule has 3 unspecified atom stereocenters. The molecule has 0 aliphatic heterocycles. The van der Waals surface area contributed by atoms with Crippen LogP contribution in [-0.2, 0) is 65.4 Å². The van der Waals surface area contributed by atoms with Crippen LogP contribution in [0.2, 0.25) is 0 Å². The standard InChI is InChI=1S/C61H118O17P2/c1-8-10-11-12-13-20-28-35-42-58(63)71-49-57(78-61(66)45-38-31-24-23-27-34-41-54(7)9-2)51-76-80(69,70)74-47-55(62)46-73-79(67,68)75-50-56(48-72-59(64)43-36-29-22-17-19-26-33-40-53(5)6)77-60(65)44-37-30-21-16-14-15-18-25-32-39-52(3)4/h52-57,62H,8-51H2,1-7H3,(H,67,68)(H,69,70)/t54?,55-,56-,57-/m1/s1. The lowest BCUT2D eigenvalue weighted by Crippen LogP contribution is -2.30. The van der Waals surface area contributed by atoms with Gasteiger partial charge in [-0.2, -0.15) is 0 Å². The second-order valence-corrected chi connectivity index (χ2v) is 26.2. The molecule has 17 nitrogen and oxygen atoms in total. The molecule has 19 heteroatoms. The second kappa shape index (κ2) is 52.6. The van der Waals surface area contributed by atoms with Gasteiger partial charge in [-0.05, 0) is 43.4 Å². The predicted molar refractivity (Wildman–Crippen MR) is 317 cm³/mol. The quantitative estimate of drug-likeness (QED) is 0.0222. The maximum atomic E-state index is 12.9. The van der Waals surface area contributed by atoms with Gasteiger partial charge in [0.2, 0.25) is 0 Å². The number of unbranched alkanes of at least 4 members (excludes halogenated alkanes) is 26. The lowest BCUT2D eigenvalue weighted by atomic mass is 10.00. The molecule has 0 saturated heterocycles. The van der Waals surface area contributed by atoms with Crippen LogP contribution < -0.4 is 0 Å². The summed E-state index contributed by atoms with van der Waals surface area (Å²) >= 11 is 0. The van der Waals surface area contributed by atoms with Gasteiger partial charge < -0.3 is 33.8 Å². The molecule has 0 heterocycles. The highest BCUT2D eigenvalue weighted by Crippen LogP contribution is 2.45. The van der Waals surface area contributed by atoms with Crippen LogP contribution in [0.15, 0.2) is 0 Å². The topological polar surface area (TPSA) is 237 Å². The van der Waals surface area contributed by atoms with Crippen LogP contribution in [0.3, 0.4) is 0 Å². The molecule has 0 rings (SSSR count). The number of ether oxygens (including phenoxy) is 4. The van der Waals surface area contributed by atoms with Crippen molar-refractivity contribution < 1.29 is 80.2 Å². The largest absolute Gasteiger partial charge is 0.472 e. The first-order chi connectivity index (χ1) is 38.3. The van der Waals surface area contributed by atoms with Gasteiger partial charge >= 0.3 is 39.5 Å². The average Bonchev–Trinajstić information content (AvgIpc) is 3.41. The molecule has 0 aliphatic carbocycles. The lowest BCUT2D eigenvalue weighted by Gasteiger charge is -2.21. The Morgan fingerprint density at radius 3 is 0.950 bits per heavy atom. The van der Waals surface area contributed by atoms with E-state index in [0.29, 0.717) is 31.6 Å². The van der Waals surface area contributed by atoms with Crippen LogP contribution in [0.5, 0.6) is 0 Å². The normalized spacial score (nSPS) is 14.8. The molecule has 0 spiro atoms. The molecule has 6 atom stereocenters. The van der Waals surface area contributed by atoms with Gasteiger partial charge in [-0.3, -0.25) is 37.3 Å². The van der Waals surface area contributed by atoms with E-state index in [1.807, 2.05) is 0 Å². The second-order valence-electron chi connectivity index (χ2n) is 23.3. The number of aliphatic hydroxyl groups is 1. The number of carbonyl (C=O) groups is 4. The van der Waals surface area contributed by atoms with Crippen molar-refractivity contribution in [2.24, 2.45) is 17.8 Å². The van der Waals surface area contributed by atoms with Crippen molar-refractivity contribution in [3.05, 3.63) is 0 Å². The van der Waals surface area contributed by atoms with E-state index in [2.05, 4.69) is 48.5 Å². The minimum atomic E-state index is -4.94. The minimum absolute atomic E-state index is 0.102. The molecule has 80 heavy (non-hydrogen) atoms. The molecule has 474 valence electrons. The summed E-state index contributed by atoms with van der Waals surface area (Å²) in [7, 11) is -9.88. The zero-order chi connectivity index (χ0) is 59.5. The van der Waals surface area contributed by atoms with E-state index < -0.39 is 97.5 Å². The van der Waals surface area contributed by atoms with Gasteiger partial charge in [0.1, 0.15) is 19.3 Å². The third kappa shape index (κ3) is 54.0. The maximum Gasteiger partial charge on any atom is 0.472 e. The number of phosphoric ester groups is 2. The molecule has 0 radical (unpaired) electrons. The van der Waals surface area contributed by atoms with E-state index in [4.69, 9.17) is 37.0 Å². The van der Waals surface area contributed by atoms with Crippen LogP contribution >= 0.6 is 15.6 Å². The van der Waals surface area contributed by atoms with Crippen molar-refractivity contribution in [1.29, 1.82) is 0 Å². The first-order valence-corrected chi connectivity index (χ1v) is 34.9. The maximum absolute atomic E-state index is 12.9.